The smallest absolute Gasteiger partial charge is 0.325 e. The minimum Gasteiger partial charge on any atom is -0.465 e. The van der Waals surface area contributed by atoms with Gasteiger partial charge in [-0.05, 0) is 27.7 Å². The summed E-state index contributed by atoms with van der Waals surface area (Å²) in [5.41, 5.74) is -0.307. The van der Waals surface area contributed by atoms with E-state index >= 15 is 0 Å². The average Bonchev–Trinajstić information content (AvgIpc) is 1.98. The van der Waals surface area contributed by atoms with Crippen LogP contribution in [0, 0.1) is 0 Å². The van der Waals surface area contributed by atoms with E-state index in [0.29, 0.717) is 6.61 Å². The number of rotatable bonds is 3. The molecule has 0 fully saturated rings. The Hall–Kier alpha value is -1.26. The highest BCUT2D eigenvalue weighted by Crippen LogP contribution is 1.96. The van der Waals surface area contributed by atoms with Crippen molar-refractivity contribution in [2.75, 3.05) is 13.2 Å². The number of hydrogen-bond acceptors (Lipinski definition) is 3. The Bertz CT molecular complexity index is 209. The summed E-state index contributed by atoms with van der Waals surface area (Å²) >= 11 is 0. The Morgan fingerprint density at radius 1 is 1.29 bits per heavy atom. The van der Waals surface area contributed by atoms with Crippen LogP contribution in [0.3, 0.4) is 0 Å². The second-order valence-corrected chi connectivity index (χ2v) is 3.86. The highest BCUT2D eigenvalue weighted by Gasteiger charge is 2.13. The fraction of sp³-hybridized carbons (Fsp3) is 0.778. The van der Waals surface area contributed by atoms with Crippen LogP contribution in [-0.4, -0.2) is 30.7 Å². The predicted molar refractivity (Wildman–Crippen MR) is 52.9 cm³/mol. The molecule has 0 atom stereocenters. The summed E-state index contributed by atoms with van der Waals surface area (Å²) in [7, 11) is 0. The first-order valence-electron chi connectivity index (χ1n) is 4.57. The van der Waals surface area contributed by atoms with Crippen LogP contribution in [-0.2, 0) is 9.53 Å². The second-order valence-electron chi connectivity index (χ2n) is 3.86. The summed E-state index contributed by atoms with van der Waals surface area (Å²) in [6, 6.07) is -0.370. The molecule has 82 valence electrons. The van der Waals surface area contributed by atoms with Gasteiger partial charge in [-0.25, -0.2) is 4.79 Å². The van der Waals surface area contributed by atoms with Crippen LogP contribution in [0.15, 0.2) is 0 Å². The highest BCUT2D eigenvalue weighted by molar-refractivity contribution is 5.81. The SMILES string of the molecule is CCOC(=O)CNC(=O)NC(C)(C)C. The summed E-state index contributed by atoms with van der Waals surface area (Å²) in [6.45, 7) is 7.51. The number of carbonyl (C=O) groups excluding carboxylic acids is 2. The van der Waals surface area contributed by atoms with E-state index in [1.165, 1.54) is 0 Å². The van der Waals surface area contributed by atoms with Gasteiger partial charge in [0, 0.05) is 5.54 Å². The van der Waals surface area contributed by atoms with E-state index in [1.54, 1.807) is 6.92 Å². The third-order valence-electron chi connectivity index (χ3n) is 1.19. The van der Waals surface area contributed by atoms with E-state index in [1.807, 2.05) is 20.8 Å². The molecule has 5 heteroatoms. The topological polar surface area (TPSA) is 67.4 Å². The molecule has 0 aromatic rings. The zero-order chi connectivity index (χ0) is 11.2. The summed E-state index contributed by atoms with van der Waals surface area (Å²) in [5, 5.41) is 5.06. The molecule has 0 aromatic heterocycles. The fourth-order valence-corrected chi connectivity index (χ4v) is 0.749. The number of carbonyl (C=O) groups is 2. The Balaban J connectivity index is 3.70. The van der Waals surface area contributed by atoms with Crippen molar-refractivity contribution >= 4 is 12.0 Å². The van der Waals surface area contributed by atoms with Gasteiger partial charge >= 0.3 is 12.0 Å². The number of urea groups is 1. The van der Waals surface area contributed by atoms with Crippen LogP contribution in [0.5, 0.6) is 0 Å². The number of esters is 1. The Morgan fingerprint density at radius 2 is 1.86 bits per heavy atom. The van der Waals surface area contributed by atoms with E-state index in [-0.39, 0.29) is 18.1 Å². The molecule has 0 unspecified atom stereocenters. The van der Waals surface area contributed by atoms with E-state index in [4.69, 9.17) is 0 Å². The Morgan fingerprint density at radius 3 is 2.29 bits per heavy atom. The zero-order valence-electron chi connectivity index (χ0n) is 9.14. The molecule has 0 aliphatic rings. The molecule has 2 N–H and O–H groups in total. The summed E-state index contributed by atoms with van der Waals surface area (Å²) < 4.78 is 4.64. The lowest BCUT2D eigenvalue weighted by atomic mass is 10.1. The fourth-order valence-electron chi connectivity index (χ4n) is 0.749. The third kappa shape index (κ3) is 7.39. The van der Waals surface area contributed by atoms with Crippen molar-refractivity contribution in [3.63, 3.8) is 0 Å². The van der Waals surface area contributed by atoms with Gasteiger partial charge < -0.3 is 15.4 Å². The molecule has 0 aliphatic heterocycles. The van der Waals surface area contributed by atoms with E-state index < -0.39 is 5.97 Å². The first-order valence-corrected chi connectivity index (χ1v) is 4.57. The Labute approximate surface area is 84.2 Å². The molecule has 2 amide bonds. The molecule has 0 saturated carbocycles. The van der Waals surface area contributed by atoms with Crippen LogP contribution in [0.4, 0.5) is 4.79 Å². The number of hydrogen-bond donors (Lipinski definition) is 2. The van der Waals surface area contributed by atoms with Gasteiger partial charge in [0.25, 0.3) is 0 Å². The van der Waals surface area contributed by atoms with Crippen molar-refractivity contribution in [2.24, 2.45) is 0 Å². The van der Waals surface area contributed by atoms with Crippen LogP contribution >= 0.6 is 0 Å². The summed E-state index contributed by atoms with van der Waals surface area (Å²) in [6.07, 6.45) is 0. The van der Waals surface area contributed by atoms with Gasteiger partial charge in [0.15, 0.2) is 0 Å². The normalized spacial score (nSPS) is 10.6. The quantitative estimate of drug-likeness (QED) is 0.660. The largest absolute Gasteiger partial charge is 0.465 e. The predicted octanol–water partition coefficient (Wildman–Crippen LogP) is 0.647. The molecular weight excluding hydrogens is 184 g/mol. The van der Waals surface area contributed by atoms with Crippen molar-refractivity contribution in [3.05, 3.63) is 0 Å². The summed E-state index contributed by atoms with van der Waals surface area (Å²) in [5.74, 6) is -0.434. The van der Waals surface area contributed by atoms with Gasteiger partial charge in [-0.15, -0.1) is 0 Å². The maximum Gasteiger partial charge on any atom is 0.325 e. The van der Waals surface area contributed by atoms with Crippen LogP contribution in [0.25, 0.3) is 0 Å². The lowest BCUT2D eigenvalue weighted by Gasteiger charge is -2.20. The molecule has 5 nitrogen and oxygen atoms in total. The molecule has 0 saturated heterocycles. The van der Waals surface area contributed by atoms with Crippen molar-refractivity contribution in [3.8, 4) is 0 Å². The van der Waals surface area contributed by atoms with Crippen LogP contribution in [0.2, 0.25) is 0 Å². The molecule has 0 rings (SSSR count). The minimum atomic E-state index is -0.434. The van der Waals surface area contributed by atoms with Crippen molar-refractivity contribution in [1.29, 1.82) is 0 Å². The number of nitrogens with one attached hydrogen (secondary N) is 2. The van der Waals surface area contributed by atoms with Gasteiger partial charge in [-0.3, -0.25) is 4.79 Å². The minimum absolute atomic E-state index is 0.101. The van der Waals surface area contributed by atoms with Crippen molar-refractivity contribution in [1.82, 2.24) is 10.6 Å². The van der Waals surface area contributed by atoms with Crippen LogP contribution in [0.1, 0.15) is 27.7 Å². The first kappa shape index (κ1) is 12.7. The summed E-state index contributed by atoms with van der Waals surface area (Å²) in [4.78, 5) is 22.0. The second kappa shape index (κ2) is 5.47. The van der Waals surface area contributed by atoms with Crippen molar-refractivity contribution in [2.45, 2.75) is 33.2 Å². The van der Waals surface area contributed by atoms with Crippen molar-refractivity contribution < 1.29 is 14.3 Å². The lowest BCUT2D eigenvalue weighted by molar-refractivity contribution is -0.141. The molecule has 0 aliphatic carbocycles. The van der Waals surface area contributed by atoms with E-state index in [0.717, 1.165) is 0 Å². The van der Waals surface area contributed by atoms with Gasteiger partial charge in [0.05, 0.1) is 6.61 Å². The number of ether oxygens (including phenoxy) is 1. The molecular formula is C9H18N2O3. The Kier molecular flexibility index (Phi) is 4.97. The standard InChI is InChI=1S/C9H18N2O3/c1-5-14-7(12)6-10-8(13)11-9(2,3)4/h5-6H2,1-4H3,(H2,10,11,13). The average molecular weight is 202 g/mol. The highest BCUT2D eigenvalue weighted by atomic mass is 16.5. The van der Waals surface area contributed by atoms with E-state index in [2.05, 4.69) is 15.4 Å². The molecule has 0 spiro atoms. The third-order valence-corrected chi connectivity index (χ3v) is 1.19. The monoisotopic (exact) mass is 202 g/mol. The van der Waals surface area contributed by atoms with Gasteiger partial charge in [0.2, 0.25) is 0 Å². The molecule has 0 heterocycles. The van der Waals surface area contributed by atoms with Gasteiger partial charge in [-0.2, -0.15) is 0 Å². The van der Waals surface area contributed by atoms with Gasteiger partial charge in [0.1, 0.15) is 6.54 Å². The zero-order valence-corrected chi connectivity index (χ0v) is 9.14. The molecule has 0 radical (unpaired) electrons. The molecule has 0 aromatic carbocycles. The lowest BCUT2D eigenvalue weighted by Crippen LogP contribution is -2.47. The molecule has 0 bridgehead atoms. The first-order chi connectivity index (χ1) is 6.35. The maximum absolute atomic E-state index is 11.1. The number of amides is 2. The van der Waals surface area contributed by atoms with Gasteiger partial charge in [-0.1, -0.05) is 0 Å². The van der Waals surface area contributed by atoms with Crippen LogP contribution < -0.4 is 10.6 Å². The molecule has 14 heavy (non-hydrogen) atoms. The maximum atomic E-state index is 11.1. The van der Waals surface area contributed by atoms with E-state index in [9.17, 15) is 9.59 Å².